The molecule has 1 atom stereocenters. The van der Waals surface area contributed by atoms with Crippen LogP contribution in [0.4, 0.5) is 16.2 Å². The summed E-state index contributed by atoms with van der Waals surface area (Å²) in [7, 11) is 0. The Kier molecular flexibility index (Phi) is 7.74. The monoisotopic (exact) mass is 451 g/mol. The van der Waals surface area contributed by atoms with Gasteiger partial charge < -0.3 is 20.3 Å². The third-order valence-corrected chi connectivity index (χ3v) is 5.52. The summed E-state index contributed by atoms with van der Waals surface area (Å²) in [6.45, 7) is 8.19. The summed E-state index contributed by atoms with van der Waals surface area (Å²) in [4.78, 5) is 39.2. The molecule has 176 valence electrons. The minimum atomic E-state index is -0.579. The Bertz CT molecular complexity index is 1010. The van der Waals surface area contributed by atoms with Crippen molar-refractivity contribution in [3.05, 3.63) is 59.7 Å². The lowest BCUT2D eigenvalue weighted by Gasteiger charge is -2.27. The van der Waals surface area contributed by atoms with Gasteiger partial charge in [-0.15, -0.1) is 0 Å². The molecule has 0 saturated carbocycles. The number of ether oxygens (including phenoxy) is 1. The van der Waals surface area contributed by atoms with Gasteiger partial charge in [-0.3, -0.25) is 9.59 Å². The molecular formula is C26H33N3O4. The van der Waals surface area contributed by atoms with E-state index in [0.717, 1.165) is 16.8 Å². The predicted octanol–water partition coefficient (Wildman–Crippen LogP) is 4.97. The largest absolute Gasteiger partial charge is 0.444 e. The Morgan fingerprint density at radius 3 is 2.55 bits per heavy atom. The molecular weight excluding hydrogens is 418 g/mol. The minimum absolute atomic E-state index is 0.0437. The van der Waals surface area contributed by atoms with Crippen molar-refractivity contribution < 1.29 is 19.1 Å². The molecule has 2 aromatic rings. The summed E-state index contributed by atoms with van der Waals surface area (Å²) in [6, 6.07) is 15.2. The van der Waals surface area contributed by atoms with Crippen LogP contribution in [-0.4, -0.2) is 35.0 Å². The molecule has 2 N–H and O–H groups in total. The molecule has 0 radical (unpaired) electrons. The molecule has 0 aromatic heterocycles. The van der Waals surface area contributed by atoms with Gasteiger partial charge in [-0.2, -0.15) is 0 Å². The first kappa shape index (κ1) is 24.3. The number of anilines is 2. The van der Waals surface area contributed by atoms with E-state index in [0.29, 0.717) is 31.6 Å². The molecule has 33 heavy (non-hydrogen) atoms. The van der Waals surface area contributed by atoms with Gasteiger partial charge in [0.15, 0.2) is 0 Å². The minimum Gasteiger partial charge on any atom is -0.444 e. The van der Waals surface area contributed by atoms with E-state index in [4.69, 9.17) is 4.74 Å². The number of carbonyl (C=O) groups excluding carboxylic acids is 3. The van der Waals surface area contributed by atoms with E-state index in [1.165, 1.54) is 0 Å². The maximum absolute atomic E-state index is 12.7. The highest BCUT2D eigenvalue weighted by Crippen LogP contribution is 2.28. The van der Waals surface area contributed by atoms with Crippen LogP contribution in [0, 0.1) is 5.92 Å². The highest BCUT2D eigenvalue weighted by Gasteiger charge is 2.26. The average molecular weight is 452 g/mol. The van der Waals surface area contributed by atoms with Gasteiger partial charge in [-0.25, -0.2) is 4.79 Å². The Morgan fingerprint density at radius 1 is 1.12 bits per heavy atom. The van der Waals surface area contributed by atoms with Crippen molar-refractivity contribution in [1.82, 2.24) is 4.90 Å². The maximum atomic E-state index is 12.7. The molecule has 0 spiro atoms. The van der Waals surface area contributed by atoms with Crippen molar-refractivity contribution in [2.24, 2.45) is 5.92 Å². The second kappa shape index (κ2) is 10.5. The maximum Gasteiger partial charge on any atom is 0.410 e. The summed E-state index contributed by atoms with van der Waals surface area (Å²) in [5.74, 6) is -0.434. The van der Waals surface area contributed by atoms with E-state index >= 15 is 0 Å². The average Bonchev–Trinajstić information content (AvgIpc) is 2.75. The fourth-order valence-corrected chi connectivity index (χ4v) is 3.78. The summed E-state index contributed by atoms with van der Waals surface area (Å²) < 4.78 is 5.49. The number of carbonyl (C=O) groups is 3. The second-order valence-corrected chi connectivity index (χ2v) is 9.29. The number of hydrogen-bond acceptors (Lipinski definition) is 4. The Labute approximate surface area is 195 Å². The number of benzene rings is 2. The van der Waals surface area contributed by atoms with Crippen LogP contribution in [0.5, 0.6) is 0 Å². The second-order valence-electron chi connectivity index (χ2n) is 9.29. The molecule has 1 aliphatic heterocycles. The van der Waals surface area contributed by atoms with E-state index in [-0.39, 0.29) is 24.2 Å². The van der Waals surface area contributed by atoms with Gasteiger partial charge in [0.25, 0.3) is 0 Å². The number of hydrogen-bond donors (Lipinski definition) is 2. The van der Waals surface area contributed by atoms with Gasteiger partial charge in [0.05, 0.1) is 6.54 Å². The smallest absolute Gasteiger partial charge is 0.410 e. The fourth-order valence-electron chi connectivity index (χ4n) is 3.78. The fraction of sp³-hybridized carbons (Fsp3) is 0.423. The molecule has 0 saturated heterocycles. The van der Waals surface area contributed by atoms with Crippen LogP contribution in [-0.2, 0) is 27.3 Å². The number of rotatable bonds is 7. The van der Waals surface area contributed by atoms with E-state index in [1.807, 2.05) is 76.2 Å². The third-order valence-electron chi connectivity index (χ3n) is 5.52. The molecule has 1 unspecified atom stereocenters. The number of para-hydroxylation sites is 2. The molecule has 0 aliphatic carbocycles. The van der Waals surface area contributed by atoms with Crippen molar-refractivity contribution in [3.63, 3.8) is 0 Å². The summed E-state index contributed by atoms with van der Waals surface area (Å²) in [5, 5.41) is 5.88. The summed E-state index contributed by atoms with van der Waals surface area (Å²) in [6.07, 6.45) is 0.938. The quantitative estimate of drug-likeness (QED) is 0.622. The standard InChI is InChI=1S/C26H33N3O4/c1-5-29(25(32)33-26(2,3)4)17-20-11-7-9-13-22(20)27-23(30)15-14-19-16-18-10-6-8-12-21(18)28-24(19)31/h6-13,19H,5,14-17H2,1-4H3,(H,27,30)(H,28,31). The first-order chi connectivity index (χ1) is 15.7. The normalized spacial score (nSPS) is 15.3. The van der Waals surface area contributed by atoms with Gasteiger partial charge in [0.2, 0.25) is 11.8 Å². The van der Waals surface area contributed by atoms with Crippen LogP contribution in [0.2, 0.25) is 0 Å². The Hall–Kier alpha value is -3.35. The van der Waals surface area contributed by atoms with E-state index in [2.05, 4.69) is 10.6 Å². The van der Waals surface area contributed by atoms with E-state index in [1.54, 1.807) is 4.90 Å². The van der Waals surface area contributed by atoms with Crippen molar-refractivity contribution in [1.29, 1.82) is 0 Å². The molecule has 1 aliphatic rings. The number of amides is 3. The van der Waals surface area contributed by atoms with Crippen molar-refractivity contribution in [2.45, 2.75) is 59.1 Å². The van der Waals surface area contributed by atoms with Crippen molar-refractivity contribution in [3.8, 4) is 0 Å². The predicted molar refractivity (Wildman–Crippen MR) is 129 cm³/mol. The van der Waals surface area contributed by atoms with Crippen LogP contribution >= 0.6 is 0 Å². The molecule has 3 amide bonds. The lowest BCUT2D eigenvalue weighted by atomic mass is 9.89. The zero-order valence-corrected chi connectivity index (χ0v) is 19.8. The molecule has 3 rings (SSSR count). The number of nitrogens with one attached hydrogen (secondary N) is 2. The van der Waals surface area contributed by atoms with Crippen molar-refractivity contribution in [2.75, 3.05) is 17.2 Å². The van der Waals surface area contributed by atoms with E-state index < -0.39 is 11.7 Å². The first-order valence-corrected chi connectivity index (χ1v) is 11.4. The lowest BCUT2D eigenvalue weighted by Crippen LogP contribution is -2.36. The lowest BCUT2D eigenvalue weighted by molar-refractivity contribution is -0.121. The van der Waals surface area contributed by atoms with Gasteiger partial charge in [0, 0.05) is 30.3 Å². The SMILES string of the molecule is CCN(Cc1ccccc1NC(=O)CCC1Cc2ccccc2NC1=O)C(=O)OC(C)(C)C. The molecule has 2 aromatic carbocycles. The molecule has 0 fully saturated rings. The molecule has 1 heterocycles. The van der Waals surface area contributed by atoms with Crippen LogP contribution < -0.4 is 10.6 Å². The number of nitrogens with zero attached hydrogens (tertiary/aromatic N) is 1. The zero-order chi connectivity index (χ0) is 24.0. The van der Waals surface area contributed by atoms with Gasteiger partial charge in [-0.05, 0) is 63.8 Å². The van der Waals surface area contributed by atoms with Crippen LogP contribution in [0.1, 0.15) is 51.7 Å². The Morgan fingerprint density at radius 2 is 1.82 bits per heavy atom. The molecule has 0 bridgehead atoms. The van der Waals surface area contributed by atoms with E-state index in [9.17, 15) is 14.4 Å². The van der Waals surface area contributed by atoms with Gasteiger partial charge >= 0.3 is 6.09 Å². The Balaban J connectivity index is 1.59. The number of fused-ring (bicyclic) bond motifs is 1. The zero-order valence-electron chi connectivity index (χ0n) is 19.8. The van der Waals surface area contributed by atoms with Crippen molar-refractivity contribution >= 4 is 29.3 Å². The highest BCUT2D eigenvalue weighted by atomic mass is 16.6. The van der Waals surface area contributed by atoms with Crippen LogP contribution in [0.25, 0.3) is 0 Å². The topological polar surface area (TPSA) is 87.7 Å². The first-order valence-electron chi connectivity index (χ1n) is 11.4. The van der Waals surface area contributed by atoms with Gasteiger partial charge in [0.1, 0.15) is 5.60 Å². The third kappa shape index (κ3) is 6.81. The molecule has 7 heteroatoms. The van der Waals surface area contributed by atoms with Crippen LogP contribution in [0.15, 0.2) is 48.5 Å². The highest BCUT2D eigenvalue weighted by molar-refractivity contribution is 5.96. The van der Waals surface area contributed by atoms with Gasteiger partial charge in [-0.1, -0.05) is 36.4 Å². The molecule has 7 nitrogen and oxygen atoms in total. The summed E-state index contributed by atoms with van der Waals surface area (Å²) in [5.41, 5.74) is 2.84. The van der Waals surface area contributed by atoms with Crippen LogP contribution in [0.3, 0.4) is 0 Å². The summed E-state index contributed by atoms with van der Waals surface area (Å²) >= 11 is 0.